The van der Waals surface area contributed by atoms with Crippen molar-refractivity contribution in [1.29, 1.82) is 0 Å². The minimum Gasteiger partial charge on any atom is -0.444 e. The Balaban J connectivity index is 2.16. The van der Waals surface area contributed by atoms with Crippen LogP contribution in [0.4, 0.5) is 4.79 Å². The van der Waals surface area contributed by atoms with Crippen LogP contribution in [0.2, 0.25) is 5.02 Å². The second kappa shape index (κ2) is 8.25. The summed E-state index contributed by atoms with van der Waals surface area (Å²) < 4.78 is 5.16. The molecule has 21 heavy (non-hydrogen) atoms. The molecule has 118 valence electrons. The molecular formula is C16H25ClN2O2. The van der Waals surface area contributed by atoms with Crippen molar-refractivity contribution < 1.29 is 9.53 Å². The van der Waals surface area contributed by atoms with Crippen molar-refractivity contribution in [2.75, 3.05) is 13.1 Å². The molecule has 1 aromatic carbocycles. The van der Waals surface area contributed by atoms with E-state index >= 15 is 0 Å². The zero-order valence-corrected chi connectivity index (χ0v) is 14.0. The summed E-state index contributed by atoms with van der Waals surface area (Å²) >= 11 is 5.86. The number of hydrogen-bond acceptors (Lipinski definition) is 3. The van der Waals surface area contributed by atoms with Crippen LogP contribution in [0.15, 0.2) is 24.3 Å². The monoisotopic (exact) mass is 312 g/mol. The van der Waals surface area contributed by atoms with E-state index in [2.05, 4.69) is 17.6 Å². The van der Waals surface area contributed by atoms with Gasteiger partial charge in [-0.1, -0.05) is 23.7 Å². The molecule has 2 N–H and O–H groups in total. The van der Waals surface area contributed by atoms with Gasteiger partial charge >= 0.3 is 6.09 Å². The van der Waals surface area contributed by atoms with Crippen LogP contribution in [0.5, 0.6) is 0 Å². The molecule has 0 aromatic heterocycles. The van der Waals surface area contributed by atoms with Gasteiger partial charge < -0.3 is 15.4 Å². The van der Waals surface area contributed by atoms with Crippen molar-refractivity contribution in [2.45, 2.75) is 45.8 Å². The van der Waals surface area contributed by atoms with Crippen molar-refractivity contribution in [3.63, 3.8) is 0 Å². The molecule has 0 aliphatic rings. The third-order valence-corrected chi connectivity index (χ3v) is 3.09. The van der Waals surface area contributed by atoms with Crippen LogP contribution in [-0.4, -0.2) is 24.8 Å². The summed E-state index contributed by atoms with van der Waals surface area (Å²) in [6.45, 7) is 9.06. The number of hydrogen-bond donors (Lipinski definition) is 2. The highest BCUT2D eigenvalue weighted by Crippen LogP contribution is 2.15. The summed E-state index contributed by atoms with van der Waals surface area (Å²) in [7, 11) is 0. The Hall–Kier alpha value is -1.26. The van der Waals surface area contributed by atoms with E-state index in [0.29, 0.717) is 6.54 Å². The van der Waals surface area contributed by atoms with E-state index in [1.165, 1.54) is 5.56 Å². The average Bonchev–Trinajstić information content (AvgIpc) is 2.36. The van der Waals surface area contributed by atoms with Gasteiger partial charge in [0.15, 0.2) is 0 Å². The Morgan fingerprint density at radius 1 is 1.24 bits per heavy atom. The van der Waals surface area contributed by atoms with Crippen LogP contribution < -0.4 is 10.6 Å². The molecule has 0 bridgehead atoms. The van der Waals surface area contributed by atoms with Gasteiger partial charge in [0.25, 0.3) is 0 Å². The van der Waals surface area contributed by atoms with Crippen LogP contribution in [-0.2, 0) is 4.74 Å². The first-order valence-corrected chi connectivity index (χ1v) is 7.61. The molecule has 0 spiro atoms. The van der Waals surface area contributed by atoms with Crippen LogP contribution in [0, 0.1) is 0 Å². The van der Waals surface area contributed by atoms with E-state index in [9.17, 15) is 4.79 Å². The van der Waals surface area contributed by atoms with Crippen LogP contribution in [0.3, 0.4) is 0 Å². The molecule has 0 fully saturated rings. The average molecular weight is 313 g/mol. The minimum absolute atomic E-state index is 0.254. The van der Waals surface area contributed by atoms with Crippen molar-refractivity contribution in [3.05, 3.63) is 34.9 Å². The smallest absolute Gasteiger partial charge is 0.407 e. The lowest BCUT2D eigenvalue weighted by Gasteiger charge is -2.20. The Kier molecular flexibility index (Phi) is 6.99. The first-order chi connectivity index (χ1) is 9.78. The molecular weight excluding hydrogens is 288 g/mol. The number of halogens is 1. The molecule has 5 heteroatoms. The molecule has 0 aliphatic heterocycles. The summed E-state index contributed by atoms with van der Waals surface area (Å²) in [5.74, 6) is 0. The van der Waals surface area contributed by atoms with Crippen LogP contribution >= 0.6 is 11.6 Å². The molecule has 1 amide bonds. The first kappa shape index (κ1) is 17.8. The molecule has 0 radical (unpaired) electrons. The second-order valence-corrected chi connectivity index (χ2v) is 6.45. The SMILES string of the molecule is C[C@@H](NCCCNC(=O)OC(C)(C)C)c1ccc(Cl)cc1. The predicted octanol–water partition coefficient (Wildman–Crippen LogP) is 3.91. The highest BCUT2D eigenvalue weighted by Gasteiger charge is 2.15. The largest absolute Gasteiger partial charge is 0.444 e. The molecule has 0 aliphatic carbocycles. The van der Waals surface area contributed by atoms with Crippen LogP contribution in [0.25, 0.3) is 0 Å². The molecule has 1 rings (SSSR count). The zero-order valence-electron chi connectivity index (χ0n) is 13.2. The minimum atomic E-state index is -0.453. The zero-order chi connectivity index (χ0) is 15.9. The summed E-state index contributed by atoms with van der Waals surface area (Å²) in [4.78, 5) is 11.4. The standard InChI is InChI=1S/C16H25ClN2O2/c1-12(13-6-8-14(17)9-7-13)18-10-5-11-19-15(20)21-16(2,3)4/h6-9,12,18H,5,10-11H2,1-4H3,(H,19,20)/t12-/m1/s1. The Labute approximate surface area is 132 Å². The number of carbonyl (C=O) groups excluding carboxylic acids is 1. The maximum absolute atomic E-state index is 11.4. The van der Waals surface area contributed by atoms with Gasteiger partial charge in [0.2, 0.25) is 0 Å². The maximum Gasteiger partial charge on any atom is 0.407 e. The van der Waals surface area contributed by atoms with Gasteiger partial charge in [0.1, 0.15) is 5.60 Å². The van der Waals surface area contributed by atoms with Gasteiger partial charge in [-0.2, -0.15) is 0 Å². The van der Waals surface area contributed by atoms with E-state index in [0.717, 1.165) is 18.0 Å². The van der Waals surface area contributed by atoms with Crippen molar-refractivity contribution in [3.8, 4) is 0 Å². The highest BCUT2D eigenvalue weighted by molar-refractivity contribution is 6.30. The number of rotatable bonds is 6. The summed E-state index contributed by atoms with van der Waals surface area (Å²) in [5.41, 5.74) is 0.741. The number of benzene rings is 1. The van der Waals surface area contributed by atoms with Gasteiger partial charge in [0.05, 0.1) is 0 Å². The lowest BCUT2D eigenvalue weighted by molar-refractivity contribution is 0.0527. The number of ether oxygens (including phenoxy) is 1. The molecule has 0 unspecified atom stereocenters. The number of alkyl carbamates (subject to hydrolysis) is 1. The Morgan fingerprint density at radius 2 is 1.86 bits per heavy atom. The van der Waals surface area contributed by atoms with Crippen LogP contribution in [0.1, 0.15) is 45.7 Å². The Morgan fingerprint density at radius 3 is 2.43 bits per heavy atom. The van der Waals surface area contributed by atoms with E-state index in [1.807, 2.05) is 45.0 Å². The molecule has 1 aromatic rings. The van der Waals surface area contributed by atoms with Gasteiger partial charge in [-0.25, -0.2) is 4.79 Å². The van der Waals surface area contributed by atoms with Crippen molar-refractivity contribution in [1.82, 2.24) is 10.6 Å². The number of amides is 1. The summed E-state index contributed by atoms with van der Waals surface area (Å²) in [5, 5.41) is 6.89. The first-order valence-electron chi connectivity index (χ1n) is 7.23. The van der Waals surface area contributed by atoms with Gasteiger partial charge in [-0.3, -0.25) is 0 Å². The topological polar surface area (TPSA) is 50.4 Å². The lowest BCUT2D eigenvalue weighted by Crippen LogP contribution is -2.34. The van der Waals surface area contributed by atoms with E-state index < -0.39 is 5.60 Å². The lowest BCUT2D eigenvalue weighted by atomic mass is 10.1. The fourth-order valence-electron chi connectivity index (χ4n) is 1.78. The third kappa shape index (κ3) is 7.93. The molecule has 0 saturated heterocycles. The van der Waals surface area contributed by atoms with Crippen molar-refractivity contribution >= 4 is 17.7 Å². The van der Waals surface area contributed by atoms with E-state index in [1.54, 1.807) is 0 Å². The van der Waals surface area contributed by atoms with Gasteiger partial charge in [0, 0.05) is 17.6 Å². The quantitative estimate of drug-likeness (QED) is 0.783. The summed E-state index contributed by atoms with van der Waals surface area (Å²) in [6, 6.07) is 8.06. The van der Waals surface area contributed by atoms with Crippen molar-refractivity contribution in [2.24, 2.45) is 0 Å². The number of nitrogens with one attached hydrogen (secondary N) is 2. The maximum atomic E-state index is 11.4. The predicted molar refractivity (Wildman–Crippen MR) is 86.7 cm³/mol. The third-order valence-electron chi connectivity index (χ3n) is 2.84. The number of carbonyl (C=O) groups is 1. The summed E-state index contributed by atoms with van der Waals surface area (Å²) in [6.07, 6.45) is 0.477. The molecule has 0 saturated carbocycles. The Bertz CT molecular complexity index is 441. The molecule has 4 nitrogen and oxygen atoms in total. The van der Waals surface area contributed by atoms with E-state index in [-0.39, 0.29) is 12.1 Å². The molecule has 0 heterocycles. The van der Waals surface area contributed by atoms with Gasteiger partial charge in [-0.15, -0.1) is 0 Å². The second-order valence-electron chi connectivity index (χ2n) is 6.01. The highest BCUT2D eigenvalue weighted by atomic mass is 35.5. The molecule has 1 atom stereocenters. The van der Waals surface area contributed by atoms with E-state index in [4.69, 9.17) is 16.3 Å². The normalized spacial score (nSPS) is 12.8. The fourth-order valence-corrected chi connectivity index (χ4v) is 1.91. The fraction of sp³-hybridized carbons (Fsp3) is 0.562. The van der Waals surface area contributed by atoms with Gasteiger partial charge in [-0.05, 0) is 58.4 Å².